The van der Waals surface area contributed by atoms with Crippen LogP contribution in [0, 0.1) is 6.92 Å². The molecule has 0 aliphatic carbocycles. The van der Waals surface area contributed by atoms with Crippen LogP contribution in [0.1, 0.15) is 28.7 Å². The van der Waals surface area contributed by atoms with Crippen LogP contribution in [-0.2, 0) is 11.3 Å². The van der Waals surface area contributed by atoms with Crippen molar-refractivity contribution in [3.05, 3.63) is 70.8 Å². The third kappa shape index (κ3) is 3.28. The zero-order valence-electron chi connectivity index (χ0n) is 13.0. The Bertz CT molecular complexity index is 751. The fraction of sp³-hybridized carbons (Fsp3) is 0.278. The summed E-state index contributed by atoms with van der Waals surface area (Å²) in [6.07, 6.45) is -4.87. The molecule has 1 aliphatic rings. The van der Waals surface area contributed by atoms with Gasteiger partial charge in [0, 0.05) is 0 Å². The topological polar surface area (TPSA) is 41.8 Å². The average Bonchev–Trinajstić information content (AvgIpc) is 2.94. The van der Waals surface area contributed by atoms with Crippen molar-refractivity contribution < 1.29 is 23.1 Å². The lowest BCUT2D eigenvalue weighted by molar-refractivity contribution is -0.355. The second-order valence-electron chi connectivity index (χ2n) is 5.95. The highest BCUT2D eigenvalue weighted by Crippen LogP contribution is 2.38. The molecule has 2 aromatic rings. The lowest BCUT2D eigenvalue weighted by Crippen LogP contribution is -2.45. The Morgan fingerprint density at radius 2 is 1.58 bits per heavy atom. The van der Waals surface area contributed by atoms with Gasteiger partial charge in [0.15, 0.2) is 0 Å². The van der Waals surface area contributed by atoms with Gasteiger partial charge in [0.2, 0.25) is 0 Å². The number of nitrogens with zero attached hydrogens (tertiary/aromatic N) is 1. The van der Waals surface area contributed by atoms with E-state index in [-0.39, 0.29) is 5.71 Å². The van der Waals surface area contributed by atoms with Crippen LogP contribution in [0.4, 0.5) is 13.2 Å². The SMILES string of the molecule is Cc1ccc(Cc2ccc(C3=NOC(O)(C(F)(F)F)C3)cc2)cc1. The molecule has 0 saturated carbocycles. The molecular formula is C18H16F3NO2. The summed E-state index contributed by atoms with van der Waals surface area (Å²) in [6.45, 7) is 2.02. The number of hydrogen-bond acceptors (Lipinski definition) is 3. The monoisotopic (exact) mass is 335 g/mol. The molecule has 0 saturated heterocycles. The molecule has 3 rings (SSSR count). The van der Waals surface area contributed by atoms with Gasteiger partial charge in [-0.05, 0) is 30.0 Å². The predicted molar refractivity (Wildman–Crippen MR) is 83.7 cm³/mol. The molecule has 6 heteroatoms. The van der Waals surface area contributed by atoms with Crippen molar-refractivity contribution in [2.45, 2.75) is 31.7 Å². The second kappa shape index (κ2) is 5.94. The minimum absolute atomic E-state index is 0.0803. The molecule has 3 nitrogen and oxygen atoms in total. The van der Waals surface area contributed by atoms with Crippen LogP contribution >= 0.6 is 0 Å². The van der Waals surface area contributed by atoms with Gasteiger partial charge in [-0.15, -0.1) is 0 Å². The van der Waals surface area contributed by atoms with Crippen LogP contribution in [0.2, 0.25) is 0 Å². The van der Waals surface area contributed by atoms with Crippen molar-refractivity contribution in [2.75, 3.05) is 0 Å². The van der Waals surface area contributed by atoms with Gasteiger partial charge in [-0.25, -0.2) is 0 Å². The lowest BCUT2D eigenvalue weighted by atomic mass is 9.99. The molecule has 1 heterocycles. The zero-order valence-corrected chi connectivity index (χ0v) is 13.0. The first-order valence-corrected chi connectivity index (χ1v) is 7.46. The molecule has 0 fully saturated rings. The normalized spacial score (nSPS) is 20.6. The van der Waals surface area contributed by atoms with E-state index in [0.717, 1.165) is 17.5 Å². The quantitative estimate of drug-likeness (QED) is 0.922. The molecule has 0 amide bonds. The first-order chi connectivity index (χ1) is 11.3. The van der Waals surface area contributed by atoms with Crippen molar-refractivity contribution in [1.82, 2.24) is 0 Å². The van der Waals surface area contributed by atoms with Crippen molar-refractivity contribution in [3.8, 4) is 0 Å². The van der Waals surface area contributed by atoms with Crippen molar-refractivity contribution >= 4 is 5.71 Å². The molecule has 2 aromatic carbocycles. The van der Waals surface area contributed by atoms with E-state index in [4.69, 9.17) is 0 Å². The average molecular weight is 335 g/mol. The number of aryl methyl sites for hydroxylation is 1. The maximum absolute atomic E-state index is 12.7. The van der Waals surface area contributed by atoms with E-state index < -0.39 is 18.4 Å². The summed E-state index contributed by atoms with van der Waals surface area (Å²) in [7, 11) is 0. The fourth-order valence-corrected chi connectivity index (χ4v) is 2.49. The number of aliphatic hydroxyl groups is 1. The molecule has 126 valence electrons. The van der Waals surface area contributed by atoms with Crippen LogP contribution in [0.25, 0.3) is 0 Å². The minimum atomic E-state index is -4.89. The highest BCUT2D eigenvalue weighted by molar-refractivity contribution is 6.01. The van der Waals surface area contributed by atoms with E-state index in [9.17, 15) is 18.3 Å². The summed E-state index contributed by atoms with van der Waals surface area (Å²) in [5.74, 6) is -3.23. The van der Waals surface area contributed by atoms with Gasteiger partial charge >= 0.3 is 12.0 Å². The van der Waals surface area contributed by atoms with Crippen molar-refractivity contribution in [1.29, 1.82) is 0 Å². The Morgan fingerprint density at radius 3 is 2.08 bits per heavy atom. The fourth-order valence-electron chi connectivity index (χ4n) is 2.49. The summed E-state index contributed by atoms with van der Waals surface area (Å²) in [5, 5.41) is 12.9. The van der Waals surface area contributed by atoms with Gasteiger partial charge in [-0.1, -0.05) is 59.3 Å². The molecule has 1 aliphatic heterocycles. The van der Waals surface area contributed by atoms with E-state index in [2.05, 4.69) is 9.99 Å². The molecule has 1 unspecified atom stereocenters. The molecule has 24 heavy (non-hydrogen) atoms. The highest BCUT2D eigenvalue weighted by Gasteiger charge is 2.60. The first kappa shape index (κ1) is 16.5. The van der Waals surface area contributed by atoms with Gasteiger partial charge < -0.3 is 9.94 Å². The minimum Gasteiger partial charge on any atom is -0.350 e. The zero-order chi connectivity index (χ0) is 17.4. The van der Waals surface area contributed by atoms with E-state index in [0.29, 0.717) is 5.56 Å². The van der Waals surface area contributed by atoms with Crippen LogP contribution in [-0.4, -0.2) is 22.8 Å². The van der Waals surface area contributed by atoms with E-state index in [1.54, 1.807) is 12.1 Å². The van der Waals surface area contributed by atoms with Crippen molar-refractivity contribution in [3.63, 3.8) is 0 Å². The smallest absolute Gasteiger partial charge is 0.350 e. The Balaban J connectivity index is 1.70. The summed E-state index contributed by atoms with van der Waals surface area (Å²) in [5.41, 5.74) is 3.96. The highest BCUT2D eigenvalue weighted by atomic mass is 19.4. The van der Waals surface area contributed by atoms with Gasteiger partial charge in [0.25, 0.3) is 0 Å². The molecule has 0 radical (unpaired) electrons. The molecule has 1 atom stereocenters. The van der Waals surface area contributed by atoms with Gasteiger partial charge in [0.05, 0.1) is 12.1 Å². The van der Waals surface area contributed by atoms with Crippen LogP contribution in [0.15, 0.2) is 53.7 Å². The Labute approximate surface area is 137 Å². The molecule has 1 N–H and O–H groups in total. The number of rotatable bonds is 3. The van der Waals surface area contributed by atoms with Gasteiger partial charge in [-0.3, -0.25) is 0 Å². The first-order valence-electron chi connectivity index (χ1n) is 7.46. The van der Waals surface area contributed by atoms with Crippen LogP contribution in [0.5, 0.6) is 0 Å². The number of halogens is 3. The maximum Gasteiger partial charge on any atom is 0.458 e. The third-order valence-corrected chi connectivity index (χ3v) is 3.97. The maximum atomic E-state index is 12.7. The van der Waals surface area contributed by atoms with Crippen molar-refractivity contribution in [2.24, 2.45) is 5.16 Å². The number of benzene rings is 2. The standard InChI is InChI=1S/C18H16F3NO2/c1-12-2-4-13(5-3-12)10-14-6-8-15(9-7-14)16-11-17(23,24-22-16)18(19,20)21/h2-9,23H,10-11H2,1H3. The summed E-state index contributed by atoms with van der Waals surface area (Å²) >= 11 is 0. The number of alkyl halides is 3. The largest absolute Gasteiger partial charge is 0.458 e. The summed E-state index contributed by atoms with van der Waals surface area (Å²) in [6, 6.07) is 15.2. The van der Waals surface area contributed by atoms with E-state index >= 15 is 0 Å². The van der Waals surface area contributed by atoms with E-state index in [1.165, 1.54) is 5.56 Å². The predicted octanol–water partition coefficient (Wildman–Crippen LogP) is 3.96. The number of hydrogen-bond donors (Lipinski definition) is 1. The second-order valence-corrected chi connectivity index (χ2v) is 5.95. The Kier molecular flexibility index (Phi) is 4.09. The summed E-state index contributed by atoms with van der Waals surface area (Å²) < 4.78 is 38.2. The van der Waals surface area contributed by atoms with Gasteiger partial charge in [0.1, 0.15) is 0 Å². The lowest BCUT2D eigenvalue weighted by Gasteiger charge is -2.22. The number of oxime groups is 1. The summed E-state index contributed by atoms with van der Waals surface area (Å²) in [4.78, 5) is 4.23. The Hall–Kier alpha value is -2.34. The molecule has 0 aromatic heterocycles. The van der Waals surface area contributed by atoms with E-state index in [1.807, 2.05) is 43.3 Å². The molecule has 0 spiro atoms. The molecular weight excluding hydrogens is 319 g/mol. The Morgan fingerprint density at radius 1 is 1.04 bits per heavy atom. The molecule has 0 bridgehead atoms. The third-order valence-electron chi connectivity index (χ3n) is 3.97. The van der Waals surface area contributed by atoms with Crippen LogP contribution in [0.3, 0.4) is 0 Å². The van der Waals surface area contributed by atoms with Gasteiger partial charge in [-0.2, -0.15) is 13.2 Å². The van der Waals surface area contributed by atoms with Crippen LogP contribution < -0.4 is 0 Å².